The summed E-state index contributed by atoms with van der Waals surface area (Å²) in [5, 5.41) is 0. The van der Waals surface area contributed by atoms with Crippen molar-refractivity contribution >= 4 is 5.78 Å². The molecule has 1 atom stereocenters. The van der Waals surface area contributed by atoms with E-state index in [1.54, 1.807) is 13.0 Å². The molecule has 1 aliphatic rings. The third-order valence-electron chi connectivity index (χ3n) is 2.22. The monoisotopic (exact) mass is 167 g/mol. The molecule has 1 saturated heterocycles. The first kappa shape index (κ1) is 9.46. The van der Waals surface area contributed by atoms with E-state index in [-0.39, 0.29) is 5.78 Å². The largest absolute Gasteiger partial charge is 0.299 e. The molecule has 0 aromatic heterocycles. The van der Waals surface area contributed by atoms with Crippen LogP contribution in [0.4, 0.5) is 0 Å². The number of likely N-dealkylation sites (tertiary alicyclic amines) is 1. The minimum Gasteiger partial charge on any atom is -0.299 e. The van der Waals surface area contributed by atoms with E-state index in [1.807, 2.05) is 6.08 Å². The van der Waals surface area contributed by atoms with Crippen molar-refractivity contribution in [3.8, 4) is 0 Å². The van der Waals surface area contributed by atoms with Gasteiger partial charge in [0.15, 0.2) is 5.78 Å². The van der Waals surface area contributed by atoms with Crippen molar-refractivity contribution in [3.05, 3.63) is 12.2 Å². The lowest BCUT2D eigenvalue weighted by atomic mass is 10.2. The van der Waals surface area contributed by atoms with Gasteiger partial charge in [-0.1, -0.05) is 13.0 Å². The molecular weight excluding hydrogens is 150 g/mol. The number of ketones is 1. The summed E-state index contributed by atoms with van der Waals surface area (Å²) in [7, 11) is 0. The molecule has 1 unspecified atom stereocenters. The molecule has 0 bridgehead atoms. The fourth-order valence-electron chi connectivity index (χ4n) is 1.56. The van der Waals surface area contributed by atoms with Gasteiger partial charge in [-0.25, -0.2) is 0 Å². The lowest BCUT2D eigenvalue weighted by Gasteiger charge is -2.11. The first-order chi connectivity index (χ1) is 5.68. The second-order valence-electron chi connectivity index (χ2n) is 3.67. The molecule has 0 aromatic carbocycles. The van der Waals surface area contributed by atoms with Gasteiger partial charge in [0.05, 0.1) is 0 Å². The molecular formula is C10H17NO. The molecule has 0 radical (unpaired) electrons. The minimum absolute atomic E-state index is 0.141. The van der Waals surface area contributed by atoms with E-state index in [1.165, 1.54) is 19.5 Å². The zero-order valence-electron chi connectivity index (χ0n) is 7.92. The average Bonchev–Trinajstić information content (AvgIpc) is 2.35. The second kappa shape index (κ2) is 4.41. The molecule has 0 aliphatic carbocycles. The molecule has 1 heterocycles. The predicted octanol–water partition coefficient (Wildman–Crippen LogP) is 1.47. The van der Waals surface area contributed by atoms with Crippen LogP contribution in [0.1, 0.15) is 20.3 Å². The summed E-state index contributed by atoms with van der Waals surface area (Å²) in [5.74, 6) is 0.970. The Morgan fingerprint density at radius 3 is 2.92 bits per heavy atom. The summed E-state index contributed by atoms with van der Waals surface area (Å²) in [6.45, 7) is 7.16. The van der Waals surface area contributed by atoms with Crippen molar-refractivity contribution in [3.63, 3.8) is 0 Å². The van der Waals surface area contributed by atoms with Crippen molar-refractivity contribution in [2.45, 2.75) is 20.3 Å². The number of rotatable bonds is 3. The van der Waals surface area contributed by atoms with Gasteiger partial charge in [-0.3, -0.25) is 9.69 Å². The van der Waals surface area contributed by atoms with Crippen LogP contribution in [0.3, 0.4) is 0 Å². The highest BCUT2D eigenvalue weighted by atomic mass is 16.1. The maximum Gasteiger partial charge on any atom is 0.152 e. The summed E-state index contributed by atoms with van der Waals surface area (Å²) < 4.78 is 0. The van der Waals surface area contributed by atoms with E-state index in [0.29, 0.717) is 0 Å². The highest BCUT2D eigenvalue weighted by Gasteiger charge is 2.16. The summed E-state index contributed by atoms with van der Waals surface area (Å²) in [5.41, 5.74) is 0. The first-order valence-corrected chi connectivity index (χ1v) is 4.58. The van der Waals surface area contributed by atoms with E-state index in [2.05, 4.69) is 11.8 Å². The number of carbonyl (C=O) groups excluding carboxylic acids is 1. The lowest BCUT2D eigenvalue weighted by molar-refractivity contribution is -0.112. The molecule has 2 heteroatoms. The van der Waals surface area contributed by atoms with E-state index in [4.69, 9.17) is 0 Å². The Morgan fingerprint density at radius 1 is 1.67 bits per heavy atom. The average molecular weight is 167 g/mol. The molecule has 68 valence electrons. The number of hydrogen-bond acceptors (Lipinski definition) is 2. The molecule has 1 rings (SSSR count). The van der Waals surface area contributed by atoms with Gasteiger partial charge in [0, 0.05) is 13.1 Å². The van der Waals surface area contributed by atoms with Gasteiger partial charge in [0.2, 0.25) is 0 Å². The number of nitrogens with zero attached hydrogens (tertiary/aromatic N) is 1. The van der Waals surface area contributed by atoms with Gasteiger partial charge in [0.25, 0.3) is 0 Å². The Labute approximate surface area is 74.2 Å². The van der Waals surface area contributed by atoms with E-state index in [0.717, 1.165) is 12.5 Å². The highest BCUT2D eigenvalue weighted by molar-refractivity contribution is 5.87. The van der Waals surface area contributed by atoms with Gasteiger partial charge < -0.3 is 0 Å². The van der Waals surface area contributed by atoms with Gasteiger partial charge in [-0.2, -0.15) is 0 Å². The van der Waals surface area contributed by atoms with Crippen molar-refractivity contribution in [2.24, 2.45) is 5.92 Å². The second-order valence-corrected chi connectivity index (χ2v) is 3.67. The molecule has 0 saturated carbocycles. The van der Waals surface area contributed by atoms with E-state index < -0.39 is 0 Å². The molecule has 0 amide bonds. The van der Waals surface area contributed by atoms with Crippen LogP contribution < -0.4 is 0 Å². The summed E-state index contributed by atoms with van der Waals surface area (Å²) in [6, 6.07) is 0. The maximum atomic E-state index is 10.6. The normalized spacial score (nSPS) is 25.3. The smallest absolute Gasteiger partial charge is 0.152 e. The van der Waals surface area contributed by atoms with Crippen LogP contribution in [0.2, 0.25) is 0 Å². The van der Waals surface area contributed by atoms with Crippen molar-refractivity contribution < 1.29 is 4.79 Å². The minimum atomic E-state index is 0.141. The lowest BCUT2D eigenvalue weighted by Crippen LogP contribution is -2.20. The summed E-state index contributed by atoms with van der Waals surface area (Å²) in [4.78, 5) is 13.0. The van der Waals surface area contributed by atoms with Crippen LogP contribution in [0, 0.1) is 5.92 Å². The Kier molecular flexibility index (Phi) is 3.48. The topological polar surface area (TPSA) is 20.3 Å². The molecule has 2 nitrogen and oxygen atoms in total. The Balaban J connectivity index is 2.20. The quantitative estimate of drug-likeness (QED) is 0.593. The molecule has 1 aliphatic heterocycles. The Hall–Kier alpha value is -0.630. The molecule has 1 fully saturated rings. The van der Waals surface area contributed by atoms with Gasteiger partial charge in [-0.05, 0) is 31.9 Å². The SMILES string of the molecule is CC(=O)/C=C/CN1CCC(C)C1. The number of hydrogen-bond donors (Lipinski definition) is 0. The molecule has 0 aromatic rings. The van der Waals surface area contributed by atoms with Crippen molar-refractivity contribution in [2.75, 3.05) is 19.6 Å². The molecule has 0 spiro atoms. The van der Waals surface area contributed by atoms with Crippen molar-refractivity contribution in [1.82, 2.24) is 4.90 Å². The fourth-order valence-corrected chi connectivity index (χ4v) is 1.56. The van der Waals surface area contributed by atoms with Crippen molar-refractivity contribution in [1.29, 1.82) is 0 Å². The third kappa shape index (κ3) is 3.18. The Morgan fingerprint density at radius 2 is 2.42 bits per heavy atom. The van der Waals surface area contributed by atoms with Crippen LogP contribution in [0.25, 0.3) is 0 Å². The predicted molar refractivity (Wildman–Crippen MR) is 50.0 cm³/mol. The zero-order valence-corrected chi connectivity index (χ0v) is 7.92. The van der Waals surface area contributed by atoms with Crippen LogP contribution in [0.5, 0.6) is 0 Å². The Bertz CT molecular complexity index is 186. The van der Waals surface area contributed by atoms with Gasteiger partial charge in [0.1, 0.15) is 0 Å². The third-order valence-corrected chi connectivity index (χ3v) is 2.22. The van der Waals surface area contributed by atoms with Gasteiger partial charge >= 0.3 is 0 Å². The van der Waals surface area contributed by atoms with Crippen LogP contribution >= 0.6 is 0 Å². The standard InChI is InChI=1S/C10H17NO/c1-9-5-7-11(8-9)6-3-4-10(2)12/h3-4,9H,5-8H2,1-2H3/b4-3+. The van der Waals surface area contributed by atoms with Crippen LogP contribution in [-0.4, -0.2) is 30.3 Å². The number of carbonyl (C=O) groups is 1. The van der Waals surface area contributed by atoms with E-state index >= 15 is 0 Å². The zero-order chi connectivity index (χ0) is 8.97. The van der Waals surface area contributed by atoms with Crippen LogP contribution in [0.15, 0.2) is 12.2 Å². The molecule has 12 heavy (non-hydrogen) atoms. The first-order valence-electron chi connectivity index (χ1n) is 4.58. The maximum absolute atomic E-state index is 10.6. The number of allylic oxidation sites excluding steroid dienone is 1. The molecule has 0 N–H and O–H groups in total. The summed E-state index contributed by atoms with van der Waals surface area (Å²) >= 11 is 0. The fraction of sp³-hybridized carbons (Fsp3) is 0.700. The van der Waals surface area contributed by atoms with E-state index in [9.17, 15) is 4.79 Å². The van der Waals surface area contributed by atoms with Gasteiger partial charge in [-0.15, -0.1) is 0 Å². The highest BCUT2D eigenvalue weighted by Crippen LogP contribution is 2.13. The summed E-state index contributed by atoms with van der Waals surface area (Å²) in [6.07, 6.45) is 4.91. The van der Waals surface area contributed by atoms with Crippen LogP contribution in [-0.2, 0) is 4.79 Å².